The van der Waals surface area contributed by atoms with Crippen LogP contribution in [0.4, 0.5) is 0 Å². The van der Waals surface area contributed by atoms with E-state index in [1.165, 1.54) is 0 Å². The summed E-state index contributed by atoms with van der Waals surface area (Å²) in [5, 5.41) is 2.10. The summed E-state index contributed by atoms with van der Waals surface area (Å²) >= 11 is 0. The van der Waals surface area contributed by atoms with E-state index in [0.29, 0.717) is 23.3 Å². The smallest absolute Gasteiger partial charge is 0.164 e. The van der Waals surface area contributed by atoms with Gasteiger partial charge in [0.1, 0.15) is 11.2 Å². The van der Waals surface area contributed by atoms with E-state index in [1.807, 2.05) is 109 Å². The first-order chi connectivity index (χ1) is 30.2. The van der Waals surface area contributed by atoms with Crippen molar-refractivity contribution in [3.05, 3.63) is 212 Å². The molecule has 0 amide bonds. The molecule has 0 saturated carbocycles. The van der Waals surface area contributed by atoms with E-state index in [-0.39, 0.29) is 0 Å². The first-order valence-corrected chi connectivity index (χ1v) is 20.2. The van der Waals surface area contributed by atoms with Crippen LogP contribution in [0, 0.1) is 0 Å². The number of hydrogen-bond donors (Lipinski definition) is 0. The summed E-state index contributed by atoms with van der Waals surface area (Å²) in [6, 6.07) is 72.3. The Balaban J connectivity index is 1.06. The summed E-state index contributed by atoms with van der Waals surface area (Å²) in [6.45, 7) is 0. The summed E-state index contributed by atoms with van der Waals surface area (Å²) in [5.41, 5.74) is 13.1. The normalized spacial score (nSPS) is 11.3. The Morgan fingerprint density at radius 2 is 0.705 bits per heavy atom. The molecule has 11 aromatic rings. The van der Waals surface area contributed by atoms with E-state index in [2.05, 4.69) is 103 Å². The third-order valence-corrected chi connectivity index (χ3v) is 10.9. The molecular weight excluding hydrogens is 747 g/mol. The first kappa shape index (κ1) is 35.8. The molecule has 3 heterocycles. The predicted molar refractivity (Wildman–Crippen MR) is 246 cm³/mol. The maximum atomic E-state index is 6.67. The van der Waals surface area contributed by atoms with Crippen molar-refractivity contribution < 1.29 is 4.42 Å². The maximum Gasteiger partial charge on any atom is 0.164 e. The second-order valence-corrected chi connectivity index (χ2v) is 14.9. The number of nitrogens with zero attached hydrogens (tertiary/aromatic N) is 5. The highest BCUT2D eigenvalue weighted by Crippen LogP contribution is 2.41. The lowest BCUT2D eigenvalue weighted by molar-refractivity contribution is 0.670. The van der Waals surface area contributed by atoms with Crippen LogP contribution in [0.5, 0.6) is 0 Å². The van der Waals surface area contributed by atoms with Crippen LogP contribution in [-0.2, 0) is 0 Å². The van der Waals surface area contributed by atoms with Gasteiger partial charge in [0.25, 0.3) is 0 Å². The number of furan rings is 1. The van der Waals surface area contributed by atoms with Gasteiger partial charge in [0.15, 0.2) is 23.3 Å². The molecule has 0 unspecified atom stereocenters. The highest BCUT2D eigenvalue weighted by atomic mass is 16.3. The Hall–Kier alpha value is -8.35. The SMILES string of the molecule is c1ccc(-c2cc(-c3cccc(-c4cc(-c5cccc(-c6nc(-c7ccccc7)nc(-c7ccccc7)n6)c5)c5oc6ccccc6c5c4)c3)nc(-c3ccccc3)n2)cc1. The molecule has 6 nitrogen and oxygen atoms in total. The van der Waals surface area contributed by atoms with Crippen LogP contribution in [0.2, 0.25) is 0 Å². The van der Waals surface area contributed by atoms with Crippen LogP contribution < -0.4 is 0 Å². The zero-order valence-corrected chi connectivity index (χ0v) is 32.9. The van der Waals surface area contributed by atoms with Crippen molar-refractivity contribution in [3.63, 3.8) is 0 Å². The summed E-state index contributed by atoms with van der Waals surface area (Å²) < 4.78 is 6.67. The van der Waals surface area contributed by atoms with Gasteiger partial charge in [0.2, 0.25) is 0 Å². The van der Waals surface area contributed by atoms with Gasteiger partial charge in [0, 0.05) is 49.7 Å². The zero-order valence-electron chi connectivity index (χ0n) is 32.9. The molecular formula is C55H35N5O. The van der Waals surface area contributed by atoms with E-state index < -0.39 is 0 Å². The topological polar surface area (TPSA) is 77.6 Å². The fraction of sp³-hybridized carbons (Fsp3) is 0. The van der Waals surface area contributed by atoms with E-state index in [1.54, 1.807) is 0 Å². The van der Waals surface area contributed by atoms with Crippen LogP contribution in [0.3, 0.4) is 0 Å². The lowest BCUT2D eigenvalue weighted by Crippen LogP contribution is -2.00. The van der Waals surface area contributed by atoms with Crippen molar-refractivity contribution in [1.82, 2.24) is 24.9 Å². The fourth-order valence-corrected chi connectivity index (χ4v) is 7.90. The van der Waals surface area contributed by atoms with Crippen molar-refractivity contribution in [2.45, 2.75) is 0 Å². The number of fused-ring (bicyclic) bond motifs is 3. The number of hydrogen-bond acceptors (Lipinski definition) is 6. The molecule has 0 radical (unpaired) electrons. The third kappa shape index (κ3) is 7.02. The molecule has 0 fully saturated rings. The van der Waals surface area contributed by atoms with E-state index in [9.17, 15) is 0 Å². The van der Waals surface area contributed by atoms with Crippen LogP contribution in [0.25, 0.3) is 112 Å². The molecule has 0 aliphatic carbocycles. The molecule has 6 heteroatoms. The summed E-state index contributed by atoms with van der Waals surface area (Å²) in [5.74, 6) is 2.51. The molecule has 0 N–H and O–H groups in total. The molecule has 3 aromatic heterocycles. The minimum atomic E-state index is 0.592. The molecule has 61 heavy (non-hydrogen) atoms. The molecule has 0 saturated heterocycles. The highest BCUT2D eigenvalue weighted by molar-refractivity contribution is 6.11. The molecule has 286 valence electrons. The van der Waals surface area contributed by atoms with Crippen molar-refractivity contribution in [3.8, 4) is 90.3 Å². The van der Waals surface area contributed by atoms with Gasteiger partial charge in [-0.2, -0.15) is 0 Å². The largest absolute Gasteiger partial charge is 0.455 e. The van der Waals surface area contributed by atoms with Crippen LogP contribution in [0.1, 0.15) is 0 Å². The lowest BCUT2D eigenvalue weighted by Gasteiger charge is -2.12. The highest BCUT2D eigenvalue weighted by Gasteiger charge is 2.18. The van der Waals surface area contributed by atoms with E-state index in [0.717, 1.165) is 89.0 Å². The predicted octanol–water partition coefficient (Wildman–Crippen LogP) is 13.9. The monoisotopic (exact) mass is 781 g/mol. The first-order valence-electron chi connectivity index (χ1n) is 20.2. The van der Waals surface area contributed by atoms with Crippen LogP contribution in [0.15, 0.2) is 217 Å². The summed E-state index contributed by atoms with van der Waals surface area (Å²) in [6.07, 6.45) is 0. The second kappa shape index (κ2) is 15.4. The Morgan fingerprint density at radius 3 is 1.33 bits per heavy atom. The van der Waals surface area contributed by atoms with Crippen molar-refractivity contribution in [2.24, 2.45) is 0 Å². The standard InChI is InChI=1S/C55H35N5O/c1-5-17-36(18-6-1)48-35-49(57-52(56-48)37-19-7-2-8-20-37)42-27-15-25-40(31-42)44-33-46(51-47(34-44)45-29-13-14-30-50(45)61-51)41-26-16-28-43(32-41)55-59-53(38-21-9-3-10-22-38)58-54(60-55)39-23-11-4-12-24-39/h1-35H. The van der Waals surface area contributed by atoms with Crippen molar-refractivity contribution in [2.75, 3.05) is 0 Å². The summed E-state index contributed by atoms with van der Waals surface area (Å²) in [4.78, 5) is 25.1. The Labute approximate surface area is 352 Å². The molecule has 11 rings (SSSR count). The van der Waals surface area contributed by atoms with E-state index in [4.69, 9.17) is 29.3 Å². The van der Waals surface area contributed by atoms with Gasteiger partial charge in [-0.05, 0) is 53.1 Å². The minimum absolute atomic E-state index is 0.592. The minimum Gasteiger partial charge on any atom is -0.455 e. The third-order valence-electron chi connectivity index (χ3n) is 10.9. The molecule has 0 spiro atoms. The van der Waals surface area contributed by atoms with Crippen LogP contribution in [-0.4, -0.2) is 24.9 Å². The van der Waals surface area contributed by atoms with Gasteiger partial charge < -0.3 is 4.42 Å². The van der Waals surface area contributed by atoms with Crippen molar-refractivity contribution >= 4 is 21.9 Å². The Morgan fingerprint density at radius 1 is 0.262 bits per heavy atom. The summed E-state index contributed by atoms with van der Waals surface area (Å²) in [7, 11) is 0. The Bertz CT molecular complexity index is 3230. The number of aromatic nitrogens is 5. The number of benzene rings is 8. The number of para-hydroxylation sites is 1. The maximum absolute atomic E-state index is 6.67. The molecule has 0 aliphatic rings. The van der Waals surface area contributed by atoms with Gasteiger partial charge >= 0.3 is 0 Å². The quantitative estimate of drug-likeness (QED) is 0.153. The van der Waals surface area contributed by atoms with Gasteiger partial charge in [0.05, 0.1) is 11.4 Å². The van der Waals surface area contributed by atoms with Gasteiger partial charge in [-0.1, -0.05) is 176 Å². The van der Waals surface area contributed by atoms with Gasteiger partial charge in [-0.3, -0.25) is 0 Å². The number of rotatable bonds is 8. The van der Waals surface area contributed by atoms with E-state index >= 15 is 0 Å². The average molecular weight is 782 g/mol. The fourth-order valence-electron chi connectivity index (χ4n) is 7.90. The molecule has 0 bridgehead atoms. The Kier molecular flexibility index (Phi) is 9.06. The lowest BCUT2D eigenvalue weighted by atomic mass is 9.94. The molecule has 0 atom stereocenters. The van der Waals surface area contributed by atoms with Gasteiger partial charge in [-0.15, -0.1) is 0 Å². The van der Waals surface area contributed by atoms with Crippen molar-refractivity contribution in [1.29, 1.82) is 0 Å². The molecule has 8 aromatic carbocycles. The van der Waals surface area contributed by atoms with Gasteiger partial charge in [-0.25, -0.2) is 24.9 Å². The average Bonchev–Trinajstić information content (AvgIpc) is 3.73. The second-order valence-electron chi connectivity index (χ2n) is 14.9. The molecule has 0 aliphatic heterocycles. The van der Waals surface area contributed by atoms with Crippen LogP contribution >= 0.6 is 0 Å². The zero-order chi connectivity index (χ0) is 40.5.